The lowest BCUT2D eigenvalue weighted by Gasteiger charge is -2.43. The highest BCUT2D eigenvalue weighted by Gasteiger charge is 2.37. The molecular formula is C16H25ClN4O2. The van der Waals surface area contributed by atoms with Crippen molar-refractivity contribution in [2.24, 2.45) is 13.0 Å². The Hall–Kier alpha value is -1.11. The molecule has 128 valence electrons. The summed E-state index contributed by atoms with van der Waals surface area (Å²) in [6.07, 6.45) is 4.51. The lowest BCUT2D eigenvalue weighted by Crippen LogP contribution is -2.54. The van der Waals surface area contributed by atoms with Gasteiger partial charge < -0.3 is 10.4 Å². The van der Waals surface area contributed by atoms with Gasteiger partial charge in [-0.3, -0.25) is 14.4 Å². The Balaban J connectivity index is 1.45. The van der Waals surface area contributed by atoms with Crippen LogP contribution in [0.1, 0.15) is 37.1 Å². The highest BCUT2D eigenvalue weighted by molar-refractivity contribution is 6.31. The third-order valence-corrected chi connectivity index (χ3v) is 5.53. The van der Waals surface area contributed by atoms with E-state index >= 15 is 0 Å². The molecule has 0 atom stereocenters. The lowest BCUT2D eigenvalue weighted by molar-refractivity contribution is -0.139. The van der Waals surface area contributed by atoms with Gasteiger partial charge in [-0.2, -0.15) is 5.10 Å². The van der Waals surface area contributed by atoms with Crippen LogP contribution in [0.3, 0.4) is 0 Å². The van der Waals surface area contributed by atoms with Crippen LogP contribution in [-0.2, 0) is 18.4 Å². The minimum atomic E-state index is -0.724. The zero-order valence-electron chi connectivity index (χ0n) is 13.8. The number of aryl methyl sites for hydroxylation is 1. The Morgan fingerprint density at radius 3 is 2.70 bits per heavy atom. The molecule has 7 heteroatoms. The lowest BCUT2D eigenvalue weighted by atomic mass is 9.85. The standard InChI is InChI=1S/C16H25ClN4O2/c1-10-16(17)14(19-20(10)2)7-18-12-5-13(6-12)21(9-15(22)23)8-11-3-4-11/h11-13,18H,3-9H2,1-2H3,(H,22,23). The number of carboxylic acids is 1. The Bertz CT molecular complexity index is 579. The van der Waals surface area contributed by atoms with Crippen molar-refractivity contribution in [3.8, 4) is 0 Å². The molecule has 2 fully saturated rings. The van der Waals surface area contributed by atoms with E-state index < -0.39 is 5.97 Å². The summed E-state index contributed by atoms with van der Waals surface area (Å²) in [6, 6.07) is 0.819. The first-order chi connectivity index (χ1) is 10.9. The van der Waals surface area contributed by atoms with Crippen molar-refractivity contribution < 1.29 is 9.90 Å². The number of rotatable bonds is 8. The maximum Gasteiger partial charge on any atom is 0.317 e. The van der Waals surface area contributed by atoms with E-state index in [0.29, 0.717) is 18.6 Å². The molecule has 0 radical (unpaired) electrons. The van der Waals surface area contributed by atoms with Crippen LogP contribution in [0.2, 0.25) is 5.02 Å². The van der Waals surface area contributed by atoms with E-state index in [2.05, 4.69) is 15.3 Å². The van der Waals surface area contributed by atoms with Crippen molar-refractivity contribution in [3.63, 3.8) is 0 Å². The number of aromatic nitrogens is 2. The minimum absolute atomic E-state index is 0.166. The van der Waals surface area contributed by atoms with Crippen LogP contribution in [0.25, 0.3) is 0 Å². The topological polar surface area (TPSA) is 70.4 Å². The van der Waals surface area contributed by atoms with Gasteiger partial charge in [-0.25, -0.2) is 0 Å². The fraction of sp³-hybridized carbons (Fsp3) is 0.750. The summed E-state index contributed by atoms with van der Waals surface area (Å²) >= 11 is 6.26. The Morgan fingerprint density at radius 2 is 2.17 bits per heavy atom. The molecule has 23 heavy (non-hydrogen) atoms. The van der Waals surface area contributed by atoms with Gasteiger partial charge >= 0.3 is 5.97 Å². The summed E-state index contributed by atoms with van der Waals surface area (Å²) in [7, 11) is 1.89. The van der Waals surface area contributed by atoms with Crippen molar-refractivity contribution in [3.05, 3.63) is 16.4 Å². The third kappa shape index (κ3) is 4.05. The Labute approximate surface area is 141 Å². The number of halogens is 1. The number of hydrogen-bond acceptors (Lipinski definition) is 4. The molecule has 2 N–H and O–H groups in total. The summed E-state index contributed by atoms with van der Waals surface area (Å²) in [5.74, 6) is -0.00513. The molecule has 2 aliphatic carbocycles. The normalized spacial score (nSPS) is 24.0. The van der Waals surface area contributed by atoms with Crippen LogP contribution in [0.4, 0.5) is 0 Å². The van der Waals surface area contributed by atoms with Gasteiger partial charge in [0.25, 0.3) is 0 Å². The van der Waals surface area contributed by atoms with Gasteiger partial charge in [0, 0.05) is 32.2 Å². The second-order valence-electron chi connectivity index (χ2n) is 6.94. The van der Waals surface area contributed by atoms with Gasteiger partial charge in [0.2, 0.25) is 0 Å². The van der Waals surface area contributed by atoms with Crippen LogP contribution < -0.4 is 5.32 Å². The molecule has 1 heterocycles. The SMILES string of the molecule is Cc1c(Cl)c(CNC2CC(N(CC(=O)O)CC3CC3)C2)nn1C. The summed E-state index contributed by atoms with van der Waals surface area (Å²) in [6.45, 7) is 3.73. The molecule has 0 amide bonds. The fourth-order valence-corrected chi connectivity index (χ4v) is 3.43. The number of aliphatic carboxylic acids is 1. The molecule has 3 rings (SSSR count). The Kier molecular flexibility index (Phi) is 4.94. The average molecular weight is 341 g/mol. The van der Waals surface area contributed by atoms with Gasteiger partial charge in [0.05, 0.1) is 23.0 Å². The predicted octanol–water partition coefficient (Wildman–Crippen LogP) is 1.80. The van der Waals surface area contributed by atoms with Crippen molar-refractivity contribution in [1.82, 2.24) is 20.0 Å². The molecule has 0 unspecified atom stereocenters. The molecule has 0 aliphatic heterocycles. The number of hydrogen-bond donors (Lipinski definition) is 2. The maximum atomic E-state index is 11.0. The Morgan fingerprint density at radius 1 is 1.48 bits per heavy atom. The van der Waals surface area contributed by atoms with E-state index in [9.17, 15) is 4.79 Å². The summed E-state index contributed by atoms with van der Waals surface area (Å²) < 4.78 is 1.80. The van der Waals surface area contributed by atoms with E-state index in [1.165, 1.54) is 12.8 Å². The summed E-state index contributed by atoms with van der Waals surface area (Å²) in [5, 5.41) is 17.7. The second kappa shape index (κ2) is 6.79. The van der Waals surface area contributed by atoms with Gasteiger partial charge in [0.15, 0.2) is 0 Å². The monoisotopic (exact) mass is 340 g/mol. The molecule has 0 bridgehead atoms. The third-order valence-electron chi connectivity index (χ3n) is 5.04. The number of nitrogens with zero attached hydrogens (tertiary/aromatic N) is 3. The summed E-state index contributed by atoms with van der Waals surface area (Å²) in [5.41, 5.74) is 1.86. The van der Waals surface area contributed by atoms with Crippen LogP contribution in [0.5, 0.6) is 0 Å². The van der Waals surface area contributed by atoms with Gasteiger partial charge in [-0.15, -0.1) is 0 Å². The molecule has 2 saturated carbocycles. The smallest absolute Gasteiger partial charge is 0.317 e. The van der Waals surface area contributed by atoms with Crippen molar-refractivity contribution in [2.45, 2.75) is 51.2 Å². The second-order valence-corrected chi connectivity index (χ2v) is 7.32. The summed E-state index contributed by atoms with van der Waals surface area (Å²) in [4.78, 5) is 13.2. The zero-order valence-corrected chi connectivity index (χ0v) is 14.5. The molecule has 2 aliphatic rings. The van der Waals surface area contributed by atoms with Crippen molar-refractivity contribution >= 4 is 17.6 Å². The molecule has 1 aromatic rings. The zero-order chi connectivity index (χ0) is 16.6. The van der Waals surface area contributed by atoms with E-state index in [-0.39, 0.29) is 6.54 Å². The van der Waals surface area contributed by atoms with Crippen LogP contribution in [-0.4, -0.2) is 50.9 Å². The first-order valence-electron chi connectivity index (χ1n) is 8.31. The highest BCUT2D eigenvalue weighted by atomic mass is 35.5. The minimum Gasteiger partial charge on any atom is -0.480 e. The van der Waals surface area contributed by atoms with Crippen LogP contribution in [0, 0.1) is 12.8 Å². The van der Waals surface area contributed by atoms with Gasteiger partial charge in [-0.1, -0.05) is 11.6 Å². The highest BCUT2D eigenvalue weighted by Crippen LogP contribution is 2.34. The van der Waals surface area contributed by atoms with Crippen LogP contribution >= 0.6 is 11.6 Å². The molecule has 0 saturated heterocycles. The maximum absolute atomic E-state index is 11.0. The predicted molar refractivity (Wildman–Crippen MR) is 88.5 cm³/mol. The average Bonchev–Trinajstić information content (AvgIpc) is 3.21. The van der Waals surface area contributed by atoms with Crippen molar-refractivity contribution in [2.75, 3.05) is 13.1 Å². The number of carboxylic acid groups (broad SMARTS) is 1. The molecule has 1 aromatic heterocycles. The van der Waals surface area contributed by atoms with Gasteiger partial charge in [-0.05, 0) is 38.5 Å². The molecule has 0 aromatic carbocycles. The molecule has 6 nitrogen and oxygen atoms in total. The largest absolute Gasteiger partial charge is 0.480 e. The van der Waals surface area contributed by atoms with Crippen LogP contribution in [0.15, 0.2) is 0 Å². The van der Waals surface area contributed by atoms with E-state index in [0.717, 1.165) is 41.7 Å². The number of nitrogens with one attached hydrogen (secondary N) is 1. The van der Waals surface area contributed by atoms with Crippen molar-refractivity contribution in [1.29, 1.82) is 0 Å². The molecule has 0 spiro atoms. The molecular weight excluding hydrogens is 316 g/mol. The first kappa shape index (κ1) is 16.7. The number of carbonyl (C=O) groups is 1. The van der Waals surface area contributed by atoms with Gasteiger partial charge in [0.1, 0.15) is 0 Å². The van der Waals surface area contributed by atoms with E-state index in [1.807, 2.05) is 14.0 Å². The quantitative estimate of drug-likeness (QED) is 0.755. The van der Waals surface area contributed by atoms with E-state index in [4.69, 9.17) is 16.7 Å². The fourth-order valence-electron chi connectivity index (χ4n) is 3.21. The first-order valence-corrected chi connectivity index (χ1v) is 8.69. The van der Waals surface area contributed by atoms with E-state index in [1.54, 1.807) is 4.68 Å².